The van der Waals surface area contributed by atoms with Crippen molar-refractivity contribution in [2.75, 3.05) is 26.2 Å². The van der Waals surface area contributed by atoms with E-state index in [0.29, 0.717) is 11.6 Å². The number of carbonyl (C=O) groups excluding carboxylic acids is 1. The molecule has 21 heavy (non-hydrogen) atoms. The largest absolute Gasteiger partial charge is 0.351 e. The molecule has 0 radical (unpaired) electrons. The van der Waals surface area contributed by atoms with Gasteiger partial charge in [-0.3, -0.25) is 4.79 Å². The maximum absolute atomic E-state index is 12.0. The predicted molar refractivity (Wildman–Crippen MR) is 86.0 cm³/mol. The van der Waals surface area contributed by atoms with Gasteiger partial charge in [0.1, 0.15) is 10.8 Å². The molecule has 0 bridgehead atoms. The number of carbonyl (C=O) groups is 1. The third-order valence-corrected chi connectivity index (χ3v) is 4.36. The van der Waals surface area contributed by atoms with Gasteiger partial charge in [-0.05, 0) is 56.9 Å². The number of halogens is 2. The maximum Gasteiger partial charge on any atom is 0.271 e. The van der Waals surface area contributed by atoms with E-state index in [4.69, 9.17) is 23.2 Å². The molecule has 1 aliphatic heterocycles. The van der Waals surface area contributed by atoms with Crippen molar-refractivity contribution in [3.63, 3.8) is 0 Å². The van der Waals surface area contributed by atoms with E-state index in [9.17, 15) is 4.79 Å². The zero-order valence-electron chi connectivity index (χ0n) is 12.2. The average Bonchev–Trinajstić information content (AvgIpc) is 2.47. The molecule has 0 spiro atoms. The Bertz CT molecular complexity index is 488. The molecule has 1 aromatic heterocycles. The maximum atomic E-state index is 12.0. The van der Waals surface area contributed by atoms with Gasteiger partial charge in [0.2, 0.25) is 0 Å². The van der Waals surface area contributed by atoms with Gasteiger partial charge < -0.3 is 10.2 Å². The van der Waals surface area contributed by atoms with Crippen LogP contribution in [-0.2, 0) is 0 Å². The topological polar surface area (TPSA) is 45.2 Å². The number of piperidine rings is 1. The first-order chi connectivity index (χ1) is 10.1. The molecule has 0 unspecified atom stereocenters. The molecule has 1 N–H and O–H groups in total. The number of rotatable bonds is 5. The molecule has 1 aromatic rings. The van der Waals surface area contributed by atoms with Gasteiger partial charge in [-0.1, -0.05) is 30.1 Å². The number of hydrogen-bond donors (Lipinski definition) is 1. The molecule has 4 nitrogen and oxygen atoms in total. The monoisotopic (exact) mass is 329 g/mol. The smallest absolute Gasteiger partial charge is 0.271 e. The summed E-state index contributed by atoms with van der Waals surface area (Å²) in [6.07, 6.45) is 3.47. The second-order valence-corrected chi connectivity index (χ2v) is 6.39. The molecular weight excluding hydrogens is 309 g/mol. The summed E-state index contributed by atoms with van der Waals surface area (Å²) in [6, 6.07) is 3.15. The number of pyridine rings is 1. The fourth-order valence-electron chi connectivity index (χ4n) is 2.45. The summed E-state index contributed by atoms with van der Waals surface area (Å²) in [5, 5.41) is 3.44. The van der Waals surface area contributed by atoms with Crippen molar-refractivity contribution in [2.45, 2.75) is 26.2 Å². The second kappa shape index (κ2) is 7.97. The van der Waals surface area contributed by atoms with Gasteiger partial charge in [0.25, 0.3) is 5.91 Å². The van der Waals surface area contributed by atoms with E-state index < -0.39 is 0 Å². The Labute approximate surface area is 135 Å². The first-order valence-electron chi connectivity index (χ1n) is 7.39. The lowest BCUT2D eigenvalue weighted by Crippen LogP contribution is -2.35. The quantitative estimate of drug-likeness (QED) is 0.666. The lowest BCUT2D eigenvalue weighted by Gasteiger charge is -2.30. The van der Waals surface area contributed by atoms with E-state index in [0.717, 1.165) is 32.0 Å². The van der Waals surface area contributed by atoms with Crippen molar-refractivity contribution in [1.82, 2.24) is 15.2 Å². The minimum atomic E-state index is -0.269. The van der Waals surface area contributed by atoms with Crippen LogP contribution >= 0.6 is 23.2 Å². The predicted octanol–water partition coefficient (Wildman–Crippen LogP) is 3.24. The summed E-state index contributed by atoms with van der Waals surface area (Å²) in [5.41, 5.74) is 0.191. The Hall–Kier alpha value is -0.840. The fraction of sp³-hybridized carbons (Fsp3) is 0.600. The number of amides is 1. The Balaban J connectivity index is 1.71. The van der Waals surface area contributed by atoms with Crippen LogP contribution in [0.1, 0.15) is 36.7 Å². The van der Waals surface area contributed by atoms with Crippen LogP contribution < -0.4 is 5.32 Å². The van der Waals surface area contributed by atoms with Crippen molar-refractivity contribution < 1.29 is 4.79 Å². The summed E-state index contributed by atoms with van der Waals surface area (Å²) < 4.78 is 0. The number of aromatic nitrogens is 1. The molecule has 1 fully saturated rings. The van der Waals surface area contributed by atoms with Gasteiger partial charge in [-0.15, -0.1) is 0 Å². The Morgan fingerprint density at radius 1 is 1.38 bits per heavy atom. The van der Waals surface area contributed by atoms with Gasteiger partial charge in [0.05, 0.1) is 5.02 Å². The van der Waals surface area contributed by atoms with E-state index in [1.165, 1.54) is 12.8 Å². The highest BCUT2D eigenvalue weighted by atomic mass is 35.5. The number of nitrogens with zero attached hydrogens (tertiary/aromatic N) is 2. The lowest BCUT2D eigenvalue weighted by atomic mass is 9.99. The van der Waals surface area contributed by atoms with Crippen LogP contribution in [-0.4, -0.2) is 42.0 Å². The van der Waals surface area contributed by atoms with Crippen LogP contribution in [0.2, 0.25) is 10.2 Å². The van der Waals surface area contributed by atoms with Crippen molar-refractivity contribution in [3.8, 4) is 0 Å². The van der Waals surface area contributed by atoms with Crippen LogP contribution in [0, 0.1) is 5.92 Å². The highest BCUT2D eigenvalue weighted by Gasteiger charge is 2.15. The summed E-state index contributed by atoms with van der Waals surface area (Å²) in [5.74, 6) is 0.576. The SMILES string of the molecule is CC1CCN(CCCNC(=O)c2nc(Cl)ccc2Cl)CC1. The third kappa shape index (κ3) is 5.13. The van der Waals surface area contributed by atoms with Gasteiger partial charge >= 0.3 is 0 Å². The van der Waals surface area contributed by atoms with Crippen molar-refractivity contribution in [3.05, 3.63) is 28.0 Å². The zero-order chi connectivity index (χ0) is 15.2. The molecule has 116 valence electrons. The average molecular weight is 330 g/mol. The van der Waals surface area contributed by atoms with Gasteiger partial charge in [-0.2, -0.15) is 0 Å². The second-order valence-electron chi connectivity index (χ2n) is 5.60. The molecule has 1 saturated heterocycles. The third-order valence-electron chi connectivity index (χ3n) is 3.84. The molecular formula is C15H21Cl2N3O. The van der Waals surface area contributed by atoms with Crippen molar-refractivity contribution in [2.24, 2.45) is 5.92 Å². The Morgan fingerprint density at radius 3 is 2.81 bits per heavy atom. The summed E-state index contributed by atoms with van der Waals surface area (Å²) >= 11 is 11.7. The molecule has 1 aliphatic rings. The Kier molecular flexibility index (Phi) is 6.27. The molecule has 0 aromatic carbocycles. The zero-order valence-corrected chi connectivity index (χ0v) is 13.8. The highest BCUT2D eigenvalue weighted by Crippen LogP contribution is 2.17. The summed E-state index contributed by atoms with van der Waals surface area (Å²) in [4.78, 5) is 18.4. The summed E-state index contributed by atoms with van der Waals surface area (Å²) in [6.45, 7) is 6.27. The molecule has 2 rings (SSSR count). The van der Waals surface area contributed by atoms with Gasteiger partial charge in [-0.25, -0.2) is 4.98 Å². The summed E-state index contributed by atoms with van der Waals surface area (Å²) in [7, 11) is 0. The van der Waals surface area contributed by atoms with Crippen molar-refractivity contribution in [1.29, 1.82) is 0 Å². The molecule has 6 heteroatoms. The molecule has 2 heterocycles. The number of hydrogen-bond acceptors (Lipinski definition) is 3. The van der Waals surface area contributed by atoms with E-state index in [-0.39, 0.29) is 16.8 Å². The Morgan fingerprint density at radius 2 is 2.10 bits per heavy atom. The van der Waals surface area contributed by atoms with Crippen LogP contribution in [0.3, 0.4) is 0 Å². The lowest BCUT2D eigenvalue weighted by molar-refractivity contribution is 0.0946. The van der Waals surface area contributed by atoms with E-state index >= 15 is 0 Å². The first kappa shape index (κ1) is 16.5. The minimum absolute atomic E-state index is 0.191. The van der Waals surface area contributed by atoms with Gasteiger partial charge in [0, 0.05) is 6.54 Å². The fourth-order valence-corrected chi connectivity index (χ4v) is 2.79. The van der Waals surface area contributed by atoms with Gasteiger partial charge in [0.15, 0.2) is 0 Å². The normalized spacial score (nSPS) is 16.9. The van der Waals surface area contributed by atoms with Crippen LogP contribution in [0.15, 0.2) is 12.1 Å². The van der Waals surface area contributed by atoms with Crippen LogP contribution in [0.4, 0.5) is 0 Å². The van der Waals surface area contributed by atoms with Crippen LogP contribution in [0.5, 0.6) is 0 Å². The highest BCUT2D eigenvalue weighted by molar-refractivity contribution is 6.34. The molecule has 0 atom stereocenters. The van der Waals surface area contributed by atoms with E-state index in [1.807, 2.05) is 0 Å². The van der Waals surface area contributed by atoms with Crippen molar-refractivity contribution >= 4 is 29.1 Å². The number of nitrogens with one attached hydrogen (secondary N) is 1. The standard InChI is InChI=1S/C15H21Cl2N3O/c1-11-5-9-20(10-6-11)8-2-7-18-15(21)14-12(16)3-4-13(17)19-14/h3-4,11H,2,5-10H2,1H3,(H,18,21). The first-order valence-corrected chi connectivity index (χ1v) is 8.14. The molecule has 1 amide bonds. The molecule has 0 aliphatic carbocycles. The molecule has 0 saturated carbocycles. The van der Waals surface area contributed by atoms with E-state index in [2.05, 4.69) is 22.1 Å². The minimum Gasteiger partial charge on any atom is -0.351 e. The van der Waals surface area contributed by atoms with Crippen LogP contribution in [0.25, 0.3) is 0 Å². The number of likely N-dealkylation sites (tertiary alicyclic amines) is 1. The van der Waals surface area contributed by atoms with E-state index in [1.54, 1.807) is 12.1 Å².